The second kappa shape index (κ2) is 12.2. The van der Waals surface area contributed by atoms with E-state index in [2.05, 4.69) is 4.98 Å². The van der Waals surface area contributed by atoms with Gasteiger partial charge in [0, 0.05) is 60.9 Å². The van der Waals surface area contributed by atoms with Crippen LogP contribution in [0.3, 0.4) is 0 Å². The van der Waals surface area contributed by atoms with Crippen molar-refractivity contribution in [3.8, 4) is 0 Å². The summed E-state index contributed by atoms with van der Waals surface area (Å²) < 4.78 is 62.7. The van der Waals surface area contributed by atoms with Gasteiger partial charge in [0.25, 0.3) is 0 Å². The van der Waals surface area contributed by atoms with Gasteiger partial charge < -0.3 is 9.64 Å². The number of nitrogens with zero attached hydrogens (tertiary/aromatic N) is 4. The van der Waals surface area contributed by atoms with Gasteiger partial charge in [0.2, 0.25) is 0 Å². The van der Waals surface area contributed by atoms with Crippen molar-refractivity contribution >= 4 is 22.6 Å². The second-order valence-corrected chi connectivity index (χ2v) is 13.4. The molecular weight excluding hydrogens is 612 g/mol. The van der Waals surface area contributed by atoms with E-state index in [1.165, 1.54) is 6.07 Å². The smallest absolute Gasteiger partial charge is 0.419 e. The fourth-order valence-corrected chi connectivity index (χ4v) is 6.57. The molecule has 246 valence electrons. The molecule has 6 rings (SSSR count). The number of halogens is 4. The van der Waals surface area contributed by atoms with E-state index in [0.717, 1.165) is 45.4 Å². The first-order chi connectivity index (χ1) is 22.2. The minimum atomic E-state index is -4.86. The average molecular weight is 649 g/mol. The maximum atomic E-state index is 15.0. The van der Waals surface area contributed by atoms with Gasteiger partial charge in [0.15, 0.2) is 5.78 Å². The van der Waals surface area contributed by atoms with Gasteiger partial charge in [-0.2, -0.15) is 18.3 Å². The molecule has 2 aromatic carbocycles. The molecule has 0 aliphatic carbocycles. The van der Waals surface area contributed by atoms with Crippen LogP contribution in [-0.2, 0) is 28.5 Å². The summed E-state index contributed by atoms with van der Waals surface area (Å²) in [5.74, 6) is -1.60. The zero-order chi connectivity index (χ0) is 33.7. The van der Waals surface area contributed by atoms with Crippen molar-refractivity contribution < 1.29 is 31.9 Å². The van der Waals surface area contributed by atoms with E-state index in [0.29, 0.717) is 37.9 Å². The zero-order valence-corrected chi connectivity index (χ0v) is 26.7. The number of aromatic nitrogens is 3. The van der Waals surface area contributed by atoms with Gasteiger partial charge in [-0.05, 0) is 81.3 Å². The number of likely N-dealkylation sites (tertiary alicyclic amines) is 1. The minimum absolute atomic E-state index is 0.0170. The van der Waals surface area contributed by atoms with Crippen molar-refractivity contribution in [3.05, 3.63) is 106 Å². The van der Waals surface area contributed by atoms with E-state index < -0.39 is 29.2 Å². The molecule has 1 amide bonds. The van der Waals surface area contributed by atoms with Crippen LogP contribution in [0.1, 0.15) is 80.6 Å². The Morgan fingerprint density at radius 1 is 0.979 bits per heavy atom. The highest BCUT2D eigenvalue weighted by atomic mass is 19.4. The number of pyridine rings is 1. The van der Waals surface area contributed by atoms with Gasteiger partial charge >= 0.3 is 12.3 Å². The highest BCUT2D eigenvalue weighted by Crippen LogP contribution is 2.40. The Kier molecular flexibility index (Phi) is 8.44. The number of hydrogen-bond acceptors (Lipinski definition) is 5. The maximum absolute atomic E-state index is 15.0. The molecule has 2 aromatic heterocycles. The van der Waals surface area contributed by atoms with Crippen molar-refractivity contribution in [3.63, 3.8) is 0 Å². The largest absolute Gasteiger partial charge is 0.444 e. The summed E-state index contributed by atoms with van der Waals surface area (Å²) in [6, 6.07) is 11.4. The predicted molar refractivity (Wildman–Crippen MR) is 168 cm³/mol. The molecule has 4 aromatic rings. The Morgan fingerprint density at radius 2 is 1.72 bits per heavy atom. The van der Waals surface area contributed by atoms with E-state index in [4.69, 9.17) is 9.84 Å². The van der Waals surface area contributed by atoms with Crippen molar-refractivity contribution in [2.75, 3.05) is 13.1 Å². The van der Waals surface area contributed by atoms with Gasteiger partial charge in [0.05, 0.1) is 11.3 Å². The fraction of sp³-hybridized carbons (Fsp3) is 0.389. The SMILES string of the molecule is CC1=C(C(=O)Cc2ccc3cnccc3c2)C(c2ccc(C(F)(F)F)c(F)c2)n2nc(C3CCN(C(=O)OC(C)(C)C)CC3)cc2C1. The number of alkyl halides is 3. The number of allylic oxidation sites excluding steroid dienone is 2. The predicted octanol–water partition coefficient (Wildman–Crippen LogP) is 7.98. The lowest BCUT2D eigenvalue weighted by Gasteiger charge is -2.33. The zero-order valence-electron chi connectivity index (χ0n) is 26.7. The number of ketones is 1. The van der Waals surface area contributed by atoms with Crippen LogP contribution in [0, 0.1) is 5.82 Å². The number of piperidine rings is 1. The van der Waals surface area contributed by atoms with E-state index in [1.807, 2.05) is 58.0 Å². The lowest BCUT2D eigenvalue weighted by molar-refractivity contribution is -0.140. The molecule has 1 unspecified atom stereocenters. The summed E-state index contributed by atoms with van der Waals surface area (Å²) in [5.41, 5.74) is 1.71. The molecule has 7 nitrogen and oxygen atoms in total. The van der Waals surface area contributed by atoms with Crippen LogP contribution in [0.4, 0.5) is 22.4 Å². The Bertz CT molecular complexity index is 1880. The van der Waals surface area contributed by atoms with Crippen molar-refractivity contribution in [2.24, 2.45) is 0 Å². The third-order valence-corrected chi connectivity index (χ3v) is 8.81. The number of ether oxygens (including phenoxy) is 1. The van der Waals surface area contributed by atoms with Crippen LogP contribution in [0.25, 0.3) is 10.8 Å². The Morgan fingerprint density at radius 3 is 2.40 bits per heavy atom. The van der Waals surface area contributed by atoms with E-state index in [9.17, 15) is 22.8 Å². The monoisotopic (exact) mass is 648 g/mol. The van der Waals surface area contributed by atoms with Gasteiger partial charge in [-0.25, -0.2) is 9.18 Å². The van der Waals surface area contributed by atoms with E-state index >= 15 is 4.39 Å². The Hall–Kier alpha value is -4.54. The first-order valence-electron chi connectivity index (χ1n) is 15.7. The standard InChI is InChI=1S/C36H36F4N4O3/c1-21-15-27-19-30(23-10-13-43(14-11-23)34(46)47-35(2,3)4)42-44(27)33(25-7-8-28(29(37)18-25)36(38,39)40)32(21)31(45)17-22-5-6-26-20-41-12-9-24(26)16-22/h5-9,12,16,18-20,23,33H,10-11,13-15,17H2,1-4H3. The number of carbonyl (C=O) groups excluding carboxylic acids is 2. The van der Waals surface area contributed by atoms with Gasteiger partial charge in [-0.1, -0.05) is 29.8 Å². The molecule has 2 aliphatic heterocycles. The first-order valence-corrected chi connectivity index (χ1v) is 15.7. The van der Waals surface area contributed by atoms with Gasteiger partial charge in [0.1, 0.15) is 17.5 Å². The van der Waals surface area contributed by atoms with Crippen LogP contribution >= 0.6 is 0 Å². The summed E-state index contributed by atoms with van der Waals surface area (Å²) >= 11 is 0. The highest BCUT2D eigenvalue weighted by molar-refractivity contribution is 5.99. The Labute approximate surface area is 270 Å². The molecule has 4 heterocycles. The lowest BCUT2D eigenvalue weighted by atomic mass is 9.84. The number of amides is 1. The van der Waals surface area contributed by atoms with Crippen LogP contribution in [0.5, 0.6) is 0 Å². The summed E-state index contributed by atoms with van der Waals surface area (Å²) in [5, 5.41) is 6.78. The minimum Gasteiger partial charge on any atom is -0.444 e. The van der Waals surface area contributed by atoms with Crippen molar-refractivity contribution in [2.45, 2.75) is 77.1 Å². The number of carbonyl (C=O) groups is 2. The average Bonchev–Trinajstić information content (AvgIpc) is 3.42. The number of rotatable bonds is 5. The summed E-state index contributed by atoms with van der Waals surface area (Å²) in [7, 11) is 0. The molecule has 0 spiro atoms. The number of fused-ring (bicyclic) bond motifs is 2. The second-order valence-electron chi connectivity index (χ2n) is 13.4. The molecule has 1 saturated heterocycles. The van der Waals surface area contributed by atoms with Gasteiger partial charge in [-0.15, -0.1) is 0 Å². The molecule has 0 radical (unpaired) electrons. The number of benzene rings is 2. The van der Waals surface area contributed by atoms with Crippen LogP contribution < -0.4 is 0 Å². The molecule has 1 atom stereocenters. The Balaban J connectivity index is 1.33. The summed E-state index contributed by atoms with van der Waals surface area (Å²) in [4.78, 5) is 32.5. The molecule has 0 saturated carbocycles. The fourth-order valence-electron chi connectivity index (χ4n) is 6.57. The maximum Gasteiger partial charge on any atom is 0.419 e. The molecular formula is C36H36F4N4O3. The molecule has 2 aliphatic rings. The van der Waals surface area contributed by atoms with Crippen LogP contribution in [-0.4, -0.2) is 50.2 Å². The first kappa shape index (κ1) is 32.4. The topological polar surface area (TPSA) is 77.3 Å². The summed E-state index contributed by atoms with van der Waals surface area (Å²) in [6.07, 6.45) is -0.0582. The lowest BCUT2D eigenvalue weighted by Crippen LogP contribution is -2.41. The third kappa shape index (κ3) is 6.80. The quantitative estimate of drug-likeness (QED) is 0.205. The number of hydrogen-bond donors (Lipinski definition) is 0. The molecule has 11 heteroatoms. The molecule has 0 N–H and O–H groups in total. The molecule has 1 fully saturated rings. The van der Waals surface area contributed by atoms with Crippen molar-refractivity contribution in [1.82, 2.24) is 19.7 Å². The van der Waals surface area contributed by atoms with Crippen LogP contribution in [0.2, 0.25) is 0 Å². The third-order valence-electron chi connectivity index (χ3n) is 8.81. The van der Waals surface area contributed by atoms with E-state index in [-0.39, 0.29) is 29.8 Å². The van der Waals surface area contributed by atoms with Crippen LogP contribution in [0.15, 0.2) is 72.1 Å². The van der Waals surface area contributed by atoms with E-state index in [1.54, 1.807) is 22.0 Å². The normalized spacial score (nSPS) is 17.6. The summed E-state index contributed by atoms with van der Waals surface area (Å²) in [6.45, 7) is 8.26. The molecule has 47 heavy (non-hydrogen) atoms. The van der Waals surface area contributed by atoms with Crippen molar-refractivity contribution in [1.29, 1.82) is 0 Å². The highest BCUT2D eigenvalue weighted by Gasteiger charge is 2.38. The molecule has 0 bridgehead atoms. The van der Waals surface area contributed by atoms with Gasteiger partial charge in [-0.3, -0.25) is 14.5 Å². The number of Topliss-reactive ketones (excluding diaryl/α,β-unsaturated/α-hetero) is 1.